The molecule has 35 heavy (non-hydrogen) atoms. The minimum atomic E-state index is -1.05. The molecule has 2 amide bonds. The Labute approximate surface area is 205 Å². The van der Waals surface area contributed by atoms with E-state index in [0.29, 0.717) is 13.0 Å². The maximum absolute atomic E-state index is 14.0. The number of piperazine rings is 1. The van der Waals surface area contributed by atoms with Crippen LogP contribution in [0.5, 0.6) is 11.5 Å². The molecule has 8 nitrogen and oxygen atoms in total. The van der Waals surface area contributed by atoms with Crippen LogP contribution < -0.4 is 4.74 Å². The third-order valence-electron chi connectivity index (χ3n) is 7.29. The van der Waals surface area contributed by atoms with Gasteiger partial charge in [-0.15, -0.1) is 0 Å². The Bertz CT molecular complexity index is 1300. The molecule has 2 atom stereocenters. The molecule has 184 valence electrons. The van der Waals surface area contributed by atoms with E-state index >= 15 is 0 Å². The molecule has 0 saturated carbocycles. The molecule has 8 heteroatoms. The molecule has 0 aliphatic carbocycles. The van der Waals surface area contributed by atoms with E-state index in [-0.39, 0.29) is 24.1 Å². The Hall–Kier alpha value is -3.52. The first-order valence-electron chi connectivity index (χ1n) is 12.0. The van der Waals surface area contributed by atoms with Crippen LogP contribution in [-0.4, -0.2) is 83.0 Å². The first-order valence-corrected chi connectivity index (χ1v) is 12.0. The van der Waals surface area contributed by atoms with E-state index in [1.165, 1.54) is 0 Å². The number of fused-ring (bicyclic) bond motifs is 4. The molecule has 2 aliphatic rings. The Balaban J connectivity index is 1.66. The van der Waals surface area contributed by atoms with Gasteiger partial charge in [0, 0.05) is 29.6 Å². The SMILES string of the molecule is COc1ccc2[nH]c3c(c2c1)C[C@]1(C)C(=O)N(CCCN(C)C)CC(=O)N1[C@@H]3c1cccc(O)c1. The van der Waals surface area contributed by atoms with Gasteiger partial charge in [-0.25, -0.2) is 0 Å². The van der Waals surface area contributed by atoms with Gasteiger partial charge in [0.25, 0.3) is 0 Å². The highest BCUT2D eigenvalue weighted by molar-refractivity contribution is 6.00. The Morgan fingerprint density at radius 1 is 1.20 bits per heavy atom. The number of hydrogen-bond acceptors (Lipinski definition) is 5. The summed E-state index contributed by atoms with van der Waals surface area (Å²) in [5.41, 5.74) is 2.51. The molecule has 2 N–H and O–H groups in total. The number of aromatic nitrogens is 1. The predicted octanol–water partition coefficient (Wildman–Crippen LogP) is 2.91. The normalized spacial score (nSPS) is 22.0. The molecule has 3 aromatic rings. The fourth-order valence-electron chi connectivity index (χ4n) is 5.66. The lowest BCUT2D eigenvalue weighted by Crippen LogP contribution is -2.69. The summed E-state index contributed by atoms with van der Waals surface area (Å²) in [5, 5.41) is 11.2. The second-order valence-corrected chi connectivity index (χ2v) is 10.0. The summed E-state index contributed by atoms with van der Waals surface area (Å²) in [7, 11) is 5.63. The van der Waals surface area contributed by atoms with Gasteiger partial charge in [-0.1, -0.05) is 12.1 Å². The van der Waals surface area contributed by atoms with Gasteiger partial charge in [0.05, 0.1) is 19.7 Å². The lowest BCUT2D eigenvalue weighted by Gasteiger charge is -2.53. The number of ether oxygens (including phenoxy) is 1. The first kappa shape index (κ1) is 23.2. The van der Waals surface area contributed by atoms with Crippen LogP contribution in [0.25, 0.3) is 10.9 Å². The molecule has 0 unspecified atom stereocenters. The van der Waals surface area contributed by atoms with Gasteiger partial charge in [-0.05, 0) is 75.4 Å². The van der Waals surface area contributed by atoms with E-state index in [4.69, 9.17) is 4.74 Å². The van der Waals surface area contributed by atoms with Gasteiger partial charge in [-0.3, -0.25) is 9.59 Å². The third kappa shape index (κ3) is 3.82. The maximum Gasteiger partial charge on any atom is 0.249 e. The Morgan fingerprint density at radius 3 is 2.71 bits per heavy atom. The van der Waals surface area contributed by atoms with E-state index in [1.807, 2.05) is 45.3 Å². The van der Waals surface area contributed by atoms with Crippen LogP contribution in [0.4, 0.5) is 0 Å². The monoisotopic (exact) mass is 476 g/mol. The quantitative estimate of drug-likeness (QED) is 0.571. The van der Waals surface area contributed by atoms with Crippen molar-refractivity contribution in [1.29, 1.82) is 0 Å². The highest BCUT2D eigenvalue weighted by Gasteiger charge is 2.55. The van der Waals surface area contributed by atoms with Crippen molar-refractivity contribution in [3.8, 4) is 11.5 Å². The van der Waals surface area contributed by atoms with Crippen LogP contribution in [0.15, 0.2) is 42.5 Å². The molecular weight excluding hydrogens is 444 g/mol. The lowest BCUT2D eigenvalue weighted by atomic mass is 9.78. The van der Waals surface area contributed by atoms with Gasteiger partial charge in [-0.2, -0.15) is 0 Å². The standard InChI is InChI=1S/C27H32N4O4/c1-27-15-21-20-14-19(35-4)9-10-22(20)28-24(21)25(17-7-5-8-18(32)13-17)31(27)23(33)16-30(26(27)34)12-6-11-29(2)3/h5,7-10,13-14,25,28,32H,6,11-12,15-16H2,1-4H3/t25-,27-/m1/s1. The molecule has 5 rings (SSSR count). The molecule has 2 aromatic carbocycles. The van der Waals surface area contributed by atoms with Crippen LogP contribution >= 0.6 is 0 Å². The molecule has 1 aromatic heterocycles. The van der Waals surface area contributed by atoms with E-state index in [1.54, 1.807) is 35.1 Å². The number of phenolic OH excluding ortho intramolecular Hbond substituents is 1. The van der Waals surface area contributed by atoms with Crippen molar-refractivity contribution in [1.82, 2.24) is 19.7 Å². The second kappa shape index (κ2) is 8.61. The summed E-state index contributed by atoms with van der Waals surface area (Å²) in [5.74, 6) is 0.725. The van der Waals surface area contributed by atoms with Gasteiger partial charge < -0.3 is 29.5 Å². The first-order chi connectivity index (χ1) is 16.7. The summed E-state index contributed by atoms with van der Waals surface area (Å²) >= 11 is 0. The van der Waals surface area contributed by atoms with Gasteiger partial charge in [0.1, 0.15) is 17.0 Å². The fourth-order valence-corrected chi connectivity index (χ4v) is 5.66. The molecule has 1 fully saturated rings. The average Bonchev–Trinajstić information content (AvgIpc) is 3.17. The lowest BCUT2D eigenvalue weighted by molar-refractivity contribution is -0.167. The molecular formula is C27H32N4O4. The van der Waals surface area contributed by atoms with Crippen molar-refractivity contribution in [3.63, 3.8) is 0 Å². The number of amides is 2. The topological polar surface area (TPSA) is 89.1 Å². The van der Waals surface area contributed by atoms with Crippen LogP contribution in [-0.2, 0) is 16.0 Å². The minimum Gasteiger partial charge on any atom is -0.508 e. The van der Waals surface area contributed by atoms with E-state index in [2.05, 4.69) is 9.88 Å². The molecule has 1 saturated heterocycles. The number of hydrogen-bond donors (Lipinski definition) is 2. The summed E-state index contributed by atoms with van der Waals surface area (Å²) in [4.78, 5) is 36.7. The number of methoxy groups -OCH3 is 1. The second-order valence-electron chi connectivity index (χ2n) is 10.0. The van der Waals surface area contributed by atoms with Crippen LogP contribution in [0.2, 0.25) is 0 Å². The average molecular weight is 477 g/mol. The number of aromatic amines is 1. The highest BCUT2D eigenvalue weighted by Crippen LogP contribution is 2.47. The third-order valence-corrected chi connectivity index (χ3v) is 7.29. The van der Waals surface area contributed by atoms with Gasteiger partial charge in [0.15, 0.2) is 0 Å². The summed E-state index contributed by atoms with van der Waals surface area (Å²) in [6.07, 6.45) is 1.20. The predicted molar refractivity (Wildman–Crippen MR) is 134 cm³/mol. The van der Waals surface area contributed by atoms with E-state index < -0.39 is 11.6 Å². The zero-order valence-corrected chi connectivity index (χ0v) is 20.7. The maximum atomic E-state index is 14.0. The van der Waals surface area contributed by atoms with Crippen LogP contribution in [0.3, 0.4) is 0 Å². The molecule has 2 aliphatic heterocycles. The van der Waals surface area contributed by atoms with Crippen molar-refractivity contribution in [2.45, 2.75) is 31.3 Å². The van der Waals surface area contributed by atoms with Gasteiger partial charge in [0.2, 0.25) is 11.8 Å². The molecule has 0 bridgehead atoms. The Morgan fingerprint density at radius 2 is 2.00 bits per heavy atom. The summed E-state index contributed by atoms with van der Waals surface area (Å²) in [6, 6.07) is 12.3. The number of aromatic hydroxyl groups is 1. The number of carbonyl (C=O) groups is 2. The number of H-pyrrole nitrogens is 1. The van der Waals surface area contributed by atoms with Crippen molar-refractivity contribution in [3.05, 3.63) is 59.3 Å². The van der Waals surface area contributed by atoms with Crippen molar-refractivity contribution >= 4 is 22.7 Å². The smallest absolute Gasteiger partial charge is 0.249 e. The number of nitrogens with zero attached hydrogens (tertiary/aromatic N) is 3. The zero-order valence-electron chi connectivity index (χ0n) is 20.7. The molecule has 3 heterocycles. The number of carbonyl (C=O) groups excluding carboxylic acids is 2. The number of rotatable bonds is 6. The Kier molecular flexibility index (Phi) is 5.71. The van der Waals surface area contributed by atoms with Crippen LogP contribution in [0.1, 0.15) is 36.2 Å². The van der Waals surface area contributed by atoms with E-state index in [9.17, 15) is 14.7 Å². The summed E-state index contributed by atoms with van der Waals surface area (Å²) in [6.45, 7) is 3.32. The van der Waals surface area contributed by atoms with E-state index in [0.717, 1.165) is 46.4 Å². The van der Waals surface area contributed by atoms with Crippen LogP contribution in [0, 0.1) is 0 Å². The largest absolute Gasteiger partial charge is 0.508 e. The van der Waals surface area contributed by atoms with Crippen molar-refractivity contribution in [2.24, 2.45) is 0 Å². The van der Waals surface area contributed by atoms with Crippen molar-refractivity contribution in [2.75, 3.05) is 40.8 Å². The molecule has 0 radical (unpaired) electrons. The van der Waals surface area contributed by atoms with Gasteiger partial charge >= 0.3 is 0 Å². The highest BCUT2D eigenvalue weighted by atomic mass is 16.5. The minimum absolute atomic E-state index is 0.0381. The molecule has 0 spiro atoms. The fraction of sp³-hybridized carbons (Fsp3) is 0.407. The number of nitrogens with one attached hydrogen (secondary N) is 1. The summed E-state index contributed by atoms with van der Waals surface area (Å²) < 4.78 is 5.47. The van der Waals surface area contributed by atoms with Crippen molar-refractivity contribution < 1.29 is 19.4 Å². The number of benzene rings is 2. The zero-order chi connectivity index (χ0) is 24.9. The number of phenols is 1.